The molecule has 9 heteroatoms. The van der Waals surface area contributed by atoms with Crippen molar-refractivity contribution in [2.75, 3.05) is 7.11 Å². The van der Waals surface area contributed by atoms with Crippen molar-refractivity contribution in [1.29, 1.82) is 0 Å². The van der Waals surface area contributed by atoms with Gasteiger partial charge in [-0.3, -0.25) is 19.5 Å². The zero-order valence-electron chi connectivity index (χ0n) is 22.4. The van der Waals surface area contributed by atoms with Gasteiger partial charge in [-0.1, -0.05) is 35.9 Å². The van der Waals surface area contributed by atoms with Gasteiger partial charge < -0.3 is 15.4 Å². The second kappa shape index (κ2) is 11.1. The number of benzene rings is 3. The van der Waals surface area contributed by atoms with E-state index in [9.17, 15) is 18.8 Å². The van der Waals surface area contributed by atoms with E-state index in [1.54, 1.807) is 33.2 Å². The van der Waals surface area contributed by atoms with Crippen LogP contribution < -0.4 is 15.4 Å². The summed E-state index contributed by atoms with van der Waals surface area (Å²) in [5.41, 5.74) is 3.75. The minimum Gasteiger partial charge on any atom is -0.496 e. The van der Waals surface area contributed by atoms with Crippen LogP contribution in [0.5, 0.6) is 5.75 Å². The third kappa shape index (κ3) is 5.36. The van der Waals surface area contributed by atoms with E-state index >= 15 is 0 Å². The number of para-hydroxylation sites is 1. The first-order chi connectivity index (χ1) is 19.2. The molecule has 0 aliphatic carbocycles. The van der Waals surface area contributed by atoms with E-state index in [-0.39, 0.29) is 30.1 Å². The van der Waals surface area contributed by atoms with Crippen LogP contribution in [0.15, 0.2) is 78.0 Å². The van der Waals surface area contributed by atoms with Crippen LogP contribution in [-0.2, 0) is 16.0 Å². The van der Waals surface area contributed by atoms with Crippen LogP contribution in [-0.4, -0.2) is 34.9 Å². The lowest BCUT2D eigenvalue weighted by Gasteiger charge is -2.28. The molecule has 0 bridgehead atoms. The molecule has 40 heavy (non-hydrogen) atoms. The molecule has 2 atom stereocenters. The summed E-state index contributed by atoms with van der Waals surface area (Å²) >= 11 is 0. The fourth-order valence-corrected chi connectivity index (χ4v) is 5.17. The summed E-state index contributed by atoms with van der Waals surface area (Å²) in [7, 11) is 1.54. The number of methoxy groups -OCH3 is 1. The molecule has 3 N–H and O–H groups in total. The predicted octanol–water partition coefficient (Wildman–Crippen LogP) is 4.89. The van der Waals surface area contributed by atoms with Crippen molar-refractivity contribution in [3.05, 3.63) is 106 Å². The second-order valence-corrected chi connectivity index (χ2v) is 9.94. The van der Waals surface area contributed by atoms with Gasteiger partial charge >= 0.3 is 0 Å². The van der Waals surface area contributed by atoms with Gasteiger partial charge in [-0.15, -0.1) is 0 Å². The predicted molar refractivity (Wildman–Crippen MR) is 148 cm³/mol. The molecular weight excluding hydrogens is 511 g/mol. The molecule has 0 saturated heterocycles. The number of amides is 2. The number of aromatic nitrogens is 2. The molecule has 204 valence electrons. The Bertz CT molecular complexity index is 1660. The number of rotatable bonds is 8. The van der Waals surface area contributed by atoms with Crippen molar-refractivity contribution < 1.29 is 23.5 Å². The minimum absolute atomic E-state index is 0.0866. The zero-order chi connectivity index (χ0) is 28.4. The van der Waals surface area contributed by atoms with Crippen LogP contribution in [0.4, 0.5) is 4.39 Å². The number of halogens is 1. The second-order valence-electron chi connectivity index (χ2n) is 9.94. The molecule has 2 amide bonds. The largest absolute Gasteiger partial charge is 0.496 e. The highest BCUT2D eigenvalue weighted by atomic mass is 19.1. The number of carbonyl (C=O) groups is 3. The number of H-pyrrole nitrogens is 1. The average Bonchev–Trinajstić information content (AvgIpc) is 3.40. The summed E-state index contributed by atoms with van der Waals surface area (Å²) in [6.07, 6.45) is 1.89. The number of hydrogen-bond donors (Lipinski definition) is 3. The summed E-state index contributed by atoms with van der Waals surface area (Å²) in [5, 5.41) is 13.5. The highest BCUT2D eigenvalue weighted by Gasteiger charge is 2.32. The van der Waals surface area contributed by atoms with E-state index in [1.165, 1.54) is 18.2 Å². The lowest BCUT2D eigenvalue weighted by molar-refractivity contribution is -0.121. The third-order valence-electron chi connectivity index (χ3n) is 7.17. The monoisotopic (exact) mass is 540 g/mol. The van der Waals surface area contributed by atoms with Crippen LogP contribution in [0.2, 0.25) is 0 Å². The molecule has 1 aliphatic rings. The molecule has 5 rings (SSSR count). The van der Waals surface area contributed by atoms with Gasteiger partial charge in [0.05, 0.1) is 36.5 Å². The van der Waals surface area contributed by atoms with E-state index in [2.05, 4.69) is 20.8 Å². The average molecular weight is 541 g/mol. The normalized spacial score (nSPS) is 16.0. The van der Waals surface area contributed by atoms with E-state index in [4.69, 9.17) is 4.74 Å². The summed E-state index contributed by atoms with van der Waals surface area (Å²) in [6.45, 7) is 3.53. The topological polar surface area (TPSA) is 113 Å². The van der Waals surface area contributed by atoms with Gasteiger partial charge in [-0.2, -0.15) is 5.10 Å². The Balaban J connectivity index is 1.42. The molecule has 0 radical (unpaired) electrons. The van der Waals surface area contributed by atoms with Gasteiger partial charge in [0.1, 0.15) is 11.6 Å². The fourth-order valence-electron chi connectivity index (χ4n) is 5.17. The van der Waals surface area contributed by atoms with Crippen LogP contribution in [0, 0.1) is 5.82 Å². The Morgan fingerprint density at radius 3 is 2.75 bits per heavy atom. The molecule has 4 aromatic rings. The Morgan fingerprint density at radius 1 is 1.15 bits per heavy atom. The highest BCUT2D eigenvalue weighted by Crippen LogP contribution is 2.33. The Hall–Kier alpha value is -4.79. The number of nitrogens with one attached hydrogen (secondary N) is 3. The van der Waals surface area contributed by atoms with Crippen molar-refractivity contribution >= 4 is 28.5 Å². The Morgan fingerprint density at radius 2 is 1.95 bits per heavy atom. The molecular formula is C31H29FN4O4. The summed E-state index contributed by atoms with van der Waals surface area (Å²) in [5.74, 6) is -1.14. The van der Waals surface area contributed by atoms with Gasteiger partial charge in [0, 0.05) is 29.4 Å². The number of carbonyl (C=O) groups excluding carboxylic acids is 3. The lowest BCUT2D eigenvalue weighted by atomic mass is 9.85. The number of ketones is 1. The number of aromatic amines is 1. The number of ether oxygens (including phenoxy) is 1. The zero-order valence-corrected chi connectivity index (χ0v) is 22.4. The van der Waals surface area contributed by atoms with E-state index in [0.717, 1.165) is 22.0 Å². The SMILES string of the molecule is COc1ccccc1C(C)NC(=O)c1cc(C2NC(=O)CC(C)=C2C(=O)Cc2ccc3[nH]ncc3c2)ccc1F. The quantitative estimate of drug-likeness (QED) is 0.295. The van der Waals surface area contributed by atoms with Crippen LogP contribution in [0.3, 0.4) is 0 Å². The standard InChI is InChI=1S/C31H29FN4O4/c1-17-12-28(38)35-30(29(17)26(37)14-19-8-11-25-21(13-19)16-33-36-25)20-9-10-24(32)23(15-20)31(39)34-18(2)22-6-4-5-7-27(22)40-3/h4-11,13,15-16,18,30H,12,14H2,1-3H3,(H,33,36)(H,34,39)(H,35,38). The van der Waals surface area contributed by atoms with Crippen LogP contribution in [0.25, 0.3) is 10.9 Å². The third-order valence-corrected chi connectivity index (χ3v) is 7.17. The maximum Gasteiger partial charge on any atom is 0.254 e. The maximum atomic E-state index is 14.9. The molecule has 8 nitrogen and oxygen atoms in total. The van der Waals surface area contributed by atoms with Gasteiger partial charge in [-0.05, 0) is 55.3 Å². The van der Waals surface area contributed by atoms with Gasteiger partial charge in [-0.25, -0.2) is 4.39 Å². The van der Waals surface area contributed by atoms with Crippen LogP contribution >= 0.6 is 0 Å². The molecule has 2 unspecified atom stereocenters. The molecule has 1 aliphatic heterocycles. The minimum atomic E-state index is -0.815. The van der Waals surface area contributed by atoms with Crippen molar-refractivity contribution in [2.24, 2.45) is 0 Å². The number of Topliss-reactive ketones (excluding diaryl/α,β-unsaturated/α-hetero) is 1. The maximum absolute atomic E-state index is 14.9. The van der Waals surface area contributed by atoms with Gasteiger partial charge in [0.15, 0.2) is 5.78 Å². The lowest BCUT2D eigenvalue weighted by Crippen LogP contribution is -2.37. The number of hydrogen-bond acceptors (Lipinski definition) is 5. The molecule has 1 aromatic heterocycles. The van der Waals surface area contributed by atoms with Gasteiger partial charge in [0.2, 0.25) is 5.91 Å². The van der Waals surface area contributed by atoms with Crippen LogP contribution in [0.1, 0.15) is 59.4 Å². The van der Waals surface area contributed by atoms with E-state index in [1.807, 2.05) is 36.4 Å². The summed E-state index contributed by atoms with van der Waals surface area (Å²) in [4.78, 5) is 39.3. The summed E-state index contributed by atoms with van der Waals surface area (Å²) in [6, 6.07) is 15.7. The first-order valence-corrected chi connectivity index (χ1v) is 12.9. The smallest absolute Gasteiger partial charge is 0.254 e. The number of nitrogens with zero attached hydrogens (tertiary/aromatic N) is 1. The Labute approximate surface area is 230 Å². The molecule has 3 aromatic carbocycles. The molecule has 2 heterocycles. The van der Waals surface area contributed by atoms with Gasteiger partial charge in [0.25, 0.3) is 5.91 Å². The van der Waals surface area contributed by atoms with Crippen molar-refractivity contribution in [3.8, 4) is 5.75 Å². The molecule has 0 spiro atoms. The van der Waals surface area contributed by atoms with Crippen molar-refractivity contribution in [2.45, 2.75) is 38.8 Å². The first kappa shape index (κ1) is 26.8. The fraction of sp³-hybridized carbons (Fsp3) is 0.226. The molecule has 0 fully saturated rings. The number of fused-ring (bicyclic) bond motifs is 1. The van der Waals surface area contributed by atoms with Crippen molar-refractivity contribution in [3.63, 3.8) is 0 Å². The molecule has 0 saturated carbocycles. The van der Waals surface area contributed by atoms with E-state index < -0.39 is 23.8 Å². The first-order valence-electron chi connectivity index (χ1n) is 12.9. The van der Waals surface area contributed by atoms with E-state index in [0.29, 0.717) is 22.5 Å². The van der Waals surface area contributed by atoms with Crippen molar-refractivity contribution in [1.82, 2.24) is 20.8 Å². The summed E-state index contributed by atoms with van der Waals surface area (Å²) < 4.78 is 20.3. The highest BCUT2D eigenvalue weighted by molar-refractivity contribution is 6.02. The Kier molecular flexibility index (Phi) is 7.46.